The Kier molecular flexibility index (Phi) is 3.90. The molecule has 0 aliphatic heterocycles. The van der Waals surface area contributed by atoms with Gasteiger partial charge in [-0.25, -0.2) is 9.97 Å². The van der Waals surface area contributed by atoms with E-state index in [2.05, 4.69) is 15.3 Å². The van der Waals surface area contributed by atoms with Gasteiger partial charge in [-0.3, -0.25) is 9.59 Å². The topological polar surface area (TPSA) is 124 Å². The summed E-state index contributed by atoms with van der Waals surface area (Å²) in [5, 5.41) is 2.94. The number of aromatic nitrogens is 2. The second-order valence-corrected chi connectivity index (χ2v) is 4.08. The molecular formula is C13H13N5O2. The highest BCUT2D eigenvalue weighted by molar-refractivity contribution is 5.96. The number of nitrogens with zero attached hydrogens (tertiary/aromatic N) is 2. The van der Waals surface area contributed by atoms with Gasteiger partial charge in [0.15, 0.2) is 11.5 Å². The SMILES string of the molecule is NC(=O)Cc1ccc(Nc2nccnc2C(N)=O)cc1. The average Bonchev–Trinajstić information content (AvgIpc) is 2.41. The van der Waals surface area contributed by atoms with E-state index >= 15 is 0 Å². The van der Waals surface area contributed by atoms with Gasteiger partial charge in [0.1, 0.15) is 0 Å². The van der Waals surface area contributed by atoms with E-state index in [0.717, 1.165) is 5.56 Å². The highest BCUT2D eigenvalue weighted by Crippen LogP contribution is 2.17. The second kappa shape index (κ2) is 5.79. The molecule has 7 nitrogen and oxygen atoms in total. The third kappa shape index (κ3) is 3.29. The molecule has 0 aliphatic carbocycles. The molecule has 2 rings (SSSR count). The van der Waals surface area contributed by atoms with Gasteiger partial charge in [0.05, 0.1) is 6.42 Å². The summed E-state index contributed by atoms with van der Waals surface area (Å²) in [7, 11) is 0. The van der Waals surface area contributed by atoms with Crippen molar-refractivity contribution in [3.63, 3.8) is 0 Å². The minimum absolute atomic E-state index is 0.0636. The van der Waals surface area contributed by atoms with E-state index in [1.165, 1.54) is 12.4 Å². The molecule has 0 saturated heterocycles. The Morgan fingerprint density at radius 1 is 1.05 bits per heavy atom. The molecule has 1 heterocycles. The van der Waals surface area contributed by atoms with Crippen LogP contribution in [0.2, 0.25) is 0 Å². The standard InChI is InChI=1S/C13H13N5O2/c14-10(19)7-8-1-3-9(4-2-8)18-13-11(12(15)20)16-5-6-17-13/h1-6H,7H2,(H2,14,19)(H2,15,20)(H,17,18). The zero-order chi connectivity index (χ0) is 14.5. The van der Waals surface area contributed by atoms with E-state index in [0.29, 0.717) is 5.69 Å². The number of amides is 2. The maximum absolute atomic E-state index is 11.2. The van der Waals surface area contributed by atoms with Crippen molar-refractivity contribution < 1.29 is 9.59 Å². The van der Waals surface area contributed by atoms with Crippen molar-refractivity contribution in [3.8, 4) is 0 Å². The van der Waals surface area contributed by atoms with Gasteiger partial charge in [0, 0.05) is 18.1 Å². The van der Waals surface area contributed by atoms with E-state index in [4.69, 9.17) is 11.5 Å². The van der Waals surface area contributed by atoms with E-state index in [9.17, 15) is 9.59 Å². The van der Waals surface area contributed by atoms with Crippen LogP contribution in [0.3, 0.4) is 0 Å². The van der Waals surface area contributed by atoms with Crippen molar-refractivity contribution in [2.75, 3.05) is 5.32 Å². The summed E-state index contributed by atoms with van der Waals surface area (Å²) in [5.41, 5.74) is 11.9. The van der Waals surface area contributed by atoms with Crippen LogP contribution in [0.5, 0.6) is 0 Å². The summed E-state index contributed by atoms with van der Waals surface area (Å²) in [4.78, 5) is 29.9. The van der Waals surface area contributed by atoms with Crippen LogP contribution < -0.4 is 16.8 Å². The first-order valence-corrected chi connectivity index (χ1v) is 5.81. The quantitative estimate of drug-likeness (QED) is 0.723. The fraction of sp³-hybridized carbons (Fsp3) is 0.0769. The Morgan fingerprint density at radius 2 is 1.70 bits per heavy atom. The maximum Gasteiger partial charge on any atom is 0.271 e. The number of rotatable bonds is 5. The zero-order valence-electron chi connectivity index (χ0n) is 10.5. The number of benzene rings is 1. The van der Waals surface area contributed by atoms with Crippen molar-refractivity contribution in [1.82, 2.24) is 9.97 Å². The molecule has 0 fully saturated rings. The third-order valence-corrected chi connectivity index (χ3v) is 2.53. The molecule has 20 heavy (non-hydrogen) atoms. The lowest BCUT2D eigenvalue weighted by molar-refractivity contribution is -0.117. The van der Waals surface area contributed by atoms with Crippen LogP contribution in [0.25, 0.3) is 0 Å². The van der Waals surface area contributed by atoms with Crippen LogP contribution in [0.15, 0.2) is 36.7 Å². The van der Waals surface area contributed by atoms with Crippen LogP contribution in [0.1, 0.15) is 16.1 Å². The van der Waals surface area contributed by atoms with Gasteiger partial charge >= 0.3 is 0 Å². The molecule has 0 saturated carbocycles. The number of nitrogens with two attached hydrogens (primary N) is 2. The number of anilines is 2. The molecule has 2 aromatic rings. The Bertz CT molecular complexity index is 639. The zero-order valence-corrected chi connectivity index (χ0v) is 10.5. The largest absolute Gasteiger partial charge is 0.369 e. The second-order valence-electron chi connectivity index (χ2n) is 4.08. The van der Waals surface area contributed by atoms with Gasteiger partial charge in [-0.2, -0.15) is 0 Å². The molecule has 1 aromatic heterocycles. The number of hydrogen-bond acceptors (Lipinski definition) is 5. The maximum atomic E-state index is 11.2. The van der Waals surface area contributed by atoms with Crippen LogP contribution >= 0.6 is 0 Å². The molecule has 0 spiro atoms. The van der Waals surface area contributed by atoms with E-state index in [-0.39, 0.29) is 17.9 Å². The summed E-state index contributed by atoms with van der Waals surface area (Å²) in [6, 6.07) is 7.01. The van der Waals surface area contributed by atoms with Crippen LogP contribution in [0.4, 0.5) is 11.5 Å². The van der Waals surface area contributed by atoms with E-state index < -0.39 is 11.8 Å². The summed E-state index contributed by atoms with van der Waals surface area (Å²) in [6.45, 7) is 0. The monoisotopic (exact) mass is 271 g/mol. The lowest BCUT2D eigenvalue weighted by Crippen LogP contribution is -2.16. The fourth-order valence-corrected chi connectivity index (χ4v) is 1.65. The Balaban J connectivity index is 2.18. The average molecular weight is 271 g/mol. The predicted octanol–water partition coefficient (Wildman–Crippen LogP) is 0.347. The number of carbonyl (C=O) groups is 2. The van der Waals surface area contributed by atoms with Gasteiger partial charge in [0.25, 0.3) is 5.91 Å². The summed E-state index contributed by atoms with van der Waals surface area (Å²) in [5.74, 6) is -0.774. The summed E-state index contributed by atoms with van der Waals surface area (Å²) >= 11 is 0. The highest BCUT2D eigenvalue weighted by atomic mass is 16.1. The third-order valence-electron chi connectivity index (χ3n) is 2.53. The first-order chi connectivity index (χ1) is 9.56. The van der Waals surface area contributed by atoms with E-state index in [1.807, 2.05) is 0 Å². The lowest BCUT2D eigenvalue weighted by Gasteiger charge is -2.08. The van der Waals surface area contributed by atoms with Crippen molar-refractivity contribution in [2.24, 2.45) is 11.5 Å². The van der Waals surface area contributed by atoms with Crippen molar-refractivity contribution in [2.45, 2.75) is 6.42 Å². The molecule has 1 aromatic carbocycles. The minimum Gasteiger partial charge on any atom is -0.369 e. The summed E-state index contributed by atoms with van der Waals surface area (Å²) in [6.07, 6.45) is 3.02. The fourth-order valence-electron chi connectivity index (χ4n) is 1.65. The number of hydrogen-bond donors (Lipinski definition) is 3. The predicted molar refractivity (Wildman–Crippen MR) is 73.2 cm³/mol. The minimum atomic E-state index is -0.661. The molecule has 2 amide bonds. The van der Waals surface area contributed by atoms with Gasteiger partial charge < -0.3 is 16.8 Å². The molecule has 7 heteroatoms. The van der Waals surface area contributed by atoms with Gasteiger partial charge in [-0.05, 0) is 17.7 Å². The van der Waals surface area contributed by atoms with Crippen molar-refractivity contribution in [3.05, 3.63) is 47.9 Å². The van der Waals surface area contributed by atoms with E-state index in [1.54, 1.807) is 24.3 Å². The first kappa shape index (κ1) is 13.5. The normalized spacial score (nSPS) is 10.0. The first-order valence-electron chi connectivity index (χ1n) is 5.81. The number of nitrogens with one attached hydrogen (secondary N) is 1. The van der Waals surface area contributed by atoms with Gasteiger partial charge in [-0.1, -0.05) is 12.1 Å². The highest BCUT2D eigenvalue weighted by Gasteiger charge is 2.10. The van der Waals surface area contributed by atoms with Gasteiger partial charge in [-0.15, -0.1) is 0 Å². The van der Waals surface area contributed by atoms with Crippen molar-refractivity contribution >= 4 is 23.3 Å². The van der Waals surface area contributed by atoms with Crippen molar-refractivity contribution in [1.29, 1.82) is 0 Å². The number of carbonyl (C=O) groups excluding carboxylic acids is 2. The Labute approximate surface area is 115 Å². The molecule has 0 radical (unpaired) electrons. The smallest absolute Gasteiger partial charge is 0.271 e. The Hall–Kier alpha value is -2.96. The number of primary amides is 2. The molecular weight excluding hydrogens is 258 g/mol. The Morgan fingerprint density at radius 3 is 2.30 bits per heavy atom. The molecule has 0 atom stereocenters. The lowest BCUT2D eigenvalue weighted by atomic mass is 10.1. The molecule has 0 bridgehead atoms. The molecule has 102 valence electrons. The van der Waals surface area contributed by atoms with Gasteiger partial charge in [0.2, 0.25) is 5.91 Å². The summed E-state index contributed by atoms with van der Waals surface area (Å²) < 4.78 is 0. The van der Waals surface area contributed by atoms with Crippen LogP contribution in [-0.2, 0) is 11.2 Å². The molecule has 5 N–H and O–H groups in total. The molecule has 0 aliphatic rings. The molecule has 0 unspecified atom stereocenters. The van der Waals surface area contributed by atoms with Crippen LogP contribution in [-0.4, -0.2) is 21.8 Å². The van der Waals surface area contributed by atoms with Crippen LogP contribution in [0, 0.1) is 0 Å².